The van der Waals surface area contributed by atoms with Crippen molar-refractivity contribution in [2.45, 2.75) is 44.2 Å². The smallest absolute Gasteiger partial charge is 0.239 e. The van der Waals surface area contributed by atoms with E-state index in [0.717, 1.165) is 12.8 Å². The maximum atomic E-state index is 13.2. The number of ether oxygens (including phenoxy) is 1. The van der Waals surface area contributed by atoms with Crippen molar-refractivity contribution < 1.29 is 13.9 Å². The van der Waals surface area contributed by atoms with Crippen LogP contribution in [-0.4, -0.2) is 48.8 Å². The van der Waals surface area contributed by atoms with E-state index in [9.17, 15) is 9.18 Å². The zero-order chi connectivity index (χ0) is 15.4. The molecule has 2 heterocycles. The van der Waals surface area contributed by atoms with Crippen LogP contribution in [0.15, 0.2) is 30.3 Å². The average molecular weight is 306 g/mol. The zero-order valence-corrected chi connectivity index (χ0v) is 12.7. The number of hydrogen-bond donors (Lipinski definition) is 1. The van der Waals surface area contributed by atoms with Crippen LogP contribution in [0.3, 0.4) is 0 Å². The van der Waals surface area contributed by atoms with E-state index in [1.54, 1.807) is 0 Å². The average Bonchev–Trinajstić information content (AvgIpc) is 3.00. The summed E-state index contributed by atoms with van der Waals surface area (Å²) >= 11 is 0. The number of nitrogens with zero attached hydrogens (tertiary/aromatic N) is 1. The summed E-state index contributed by atoms with van der Waals surface area (Å²) in [7, 11) is 0. The van der Waals surface area contributed by atoms with E-state index in [1.807, 2.05) is 23.1 Å². The quantitative estimate of drug-likeness (QED) is 0.924. The first-order valence-electron chi connectivity index (χ1n) is 8.04. The lowest BCUT2D eigenvalue weighted by Crippen LogP contribution is -2.48. The SMILES string of the molecule is O=C([C@H]1C[C@H](F)CN1)N1CCC(OCc2ccccc2)CC1. The van der Waals surface area contributed by atoms with Crippen molar-refractivity contribution in [2.75, 3.05) is 19.6 Å². The molecule has 2 aliphatic heterocycles. The van der Waals surface area contributed by atoms with Gasteiger partial charge in [-0.25, -0.2) is 4.39 Å². The first kappa shape index (κ1) is 15.4. The minimum absolute atomic E-state index is 0.0432. The van der Waals surface area contributed by atoms with E-state index in [2.05, 4.69) is 17.4 Å². The fraction of sp³-hybridized carbons (Fsp3) is 0.588. The van der Waals surface area contributed by atoms with Crippen molar-refractivity contribution in [3.05, 3.63) is 35.9 Å². The minimum Gasteiger partial charge on any atom is -0.373 e. The molecule has 0 bridgehead atoms. The highest BCUT2D eigenvalue weighted by Crippen LogP contribution is 2.19. The predicted molar refractivity (Wildman–Crippen MR) is 82.1 cm³/mol. The molecule has 0 radical (unpaired) electrons. The van der Waals surface area contributed by atoms with Crippen molar-refractivity contribution in [1.82, 2.24) is 10.2 Å². The summed E-state index contributed by atoms with van der Waals surface area (Å²) in [5.74, 6) is 0.0432. The van der Waals surface area contributed by atoms with Crippen molar-refractivity contribution in [3.8, 4) is 0 Å². The molecule has 1 aromatic carbocycles. The van der Waals surface area contributed by atoms with Gasteiger partial charge in [-0.2, -0.15) is 0 Å². The first-order valence-corrected chi connectivity index (χ1v) is 8.04. The van der Waals surface area contributed by atoms with Crippen LogP contribution in [0.5, 0.6) is 0 Å². The van der Waals surface area contributed by atoms with Crippen LogP contribution in [0.1, 0.15) is 24.8 Å². The Balaban J connectivity index is 1.41. The summed E-state index contributed by atoms with van der Waals surface area (Å²) in [6, 6.07) is 9.78. The predicted octanol–water partition coefficient (Wildman–Crippen LogP) is 1.89. The molecule has 0 spiro atoms. The van der Waals surface area contributed by atoms with Crippen LogP contribution >= 0.6 is 0 Å². The Morgan fingerprint density at radius 3 is 2.64 bits per heavy atom. The fourth-order valence-corrected chi connectivity index (χ4v) is 3.13. The lowest BCUT2D eigenvalue weighted by Gasteiger charge is -2.33. The molecule has 3 rings (SSSR count). The normalized spacial score (nSPS) is 26.3. The van der Waals surface area contributed by atoms with Gasteiger partial charge in [-0.05, 0) is 18.4 Å². The summed E-state index contributed by atoms with van der Waals surface area (Å²) in [5, 5.41) is 2.96. The van der Waals surface area contributed by atoms with E-state index in [-0.39, 0.29) is 18.1 Å². The molecule has 5 heteroatoms. The lowest BCUT2D eigenvalue weighted by atomic mass is 10.1. The van der Waals surface area contributed by atoms with Gasteiger partial charge in [-0.15, -0.1) is 0 Å². The molecule has 2 saturated heterocycles. The van der Waals surface area contributed by atoms with Crippen molar-refractivity contribution in [1.29, 1.82) is 0 Å². The molecule has 1 aromatic rings. The number of halogens is 1. The standard InChI is InChI=1S/C17H23FN2O2/c18-14-10-16(19-11-14)17(21)20-8-6-15(7-9-20)22-12-13-4-2-1-3-5-13/h1-5,14-16,19H,6-12H2/t14-,16+/m0/s1. The minimum atomic E-state index is -0.888. The van der Waals surface area contributed by atoms with Gasteiger partial charge in [0.15, 0.2) is 0 Å². The number of rotatable bonds is 4. The van der Waals surface area contributed by atoms with E-state index >= 15 is 0 Å². The highest BCUT2D eigenvalue weighted by atomic mass is 19.1. The molecule has 2 fully saturated rings. The van der Waals surface area contributed by atoms with Gasteiger partial charge in [0.1, 0.15) is 6.17 Å². The van der Waals surface area contributed by atoms with Gasteiger partial charge in [0.25, 0.3) is 0 Å². The molecule has 1 amide bonds. The first-order chi connectivity index (χ1) is 10.7. The summed E-state index contributed by atoms with van der Waals surface area (Å²) in [6.45, 7) is 2.32. The maximum absolute atomic E-state index is 13.2. The molecule has 0 aliphatic carbocycles. The molecule has 120 valence electrons. The Morgan fingerprint density at radius 2 is 2.00 bits per heavy atom. The Morgan fingerprint density at radius 1 is 1.27 bits per heavy atom. The second-order valence-electron chi connectivity index (χ2n) is 6.12. The van der Waals surface area contributed by atoms with E-state index < -0.39 is 6.17 Å². The molecule has 0 aromatic heterocycles. The Kier molecular flexibility index (Phi) is 5.05. The molecular formula is C17H23FN2O2. The topological polar surface area (TPSA) is 41.6 Å². The van der Waals surface area contributed by atoms with Crippen LogP contribution in [0.2, 0.25) is 0 Å². The highest BCUT2D eigenvalue weighted by molar-refractivity contribution is 5.82. The van der Waals surface area contributed by atoms with Crippen molar-refractivity contribution in [2.24, 2.45) is 0 Å². The van der Waals surface area contributed by atoms with Gasteiger partial charge in [0, 0.05) is 26.1 Å². The number of nitrogens with one attached hydrogen (secondary N) is 1. The Bertz CT molecular complexity index is 489. The number of piperidine rings is 1. The third-order valence-electron chi connectivity index (χ3n) is 4.46. The summed E-state index contributed by atoms with van der Waals surface area (Å²) in [6.07, 6.45) is 1.33. The molecular weight excluding hydrogens is 283 g/mol. The number of benzene rings is 1. The molecule has 0 unspecified atom stereocenters. The van der Waals surface area contributed by atoms with Crippen LogP contribution in [0.25, 0.3) is 0 Å². The lowest BCUT2D eigenvalue weighted by molar-refractivity contribution is -0.136. The van der Waals surface area contributed by atoms with Crippen molar-refractivity contribution >= 4 is 5.91 Å². The molecule has 4 nitrogen and oxygen atoms in total. The zero-order valence-electron chi connectivity index (χ0n) is 12.7. The molecule has 22 heavy (non-hydrogen) atoms. The second-order valence-corrected chi connectivity index (χ2v) is 6.12. The largest absolute Gasteiger partial charge is 0.373 e. The Hall–Kier alpha value is -1.46. The fourth-order valence-electron chi connectivity index (χ4n) is 3.13. The molecule has 2 aliphatic rings. The van der Waals surface area contributed by atoms with Gasteiger partial charge >= 0.3 is 0 Å². The van der Waals surface area contributed by atoms with Gasteiger partial charge in [-0.1, -0.05) is 30.3 Å². The van der Waals surface area contributed by atoms with Crippen molar-refractivity contribution in [3.63, 3.8) is 0 Å². The van der Waals surface area contributed by atoms with Gasteiger partial charge < -0.3 is 15.0 Å². The van der Waals surface area contributed by atoms with Crippen LogP contribution < -0.4 is 5.32 Å². The summed E-state index contributed by atoms with van der Waals surface area (Å²) < 4.78 is 19.1. The maximum Gasteiger partial charge on any atom is 0.239 e. The van der Waals surface area contributed by atoms with Crippen LogP contribution in [0.4, 0.5) is 4.39 Å². The number of alkyl halides is 1. The third kappa shape index (κ3) is 3.84. The summed E-state index contributed by atoms with van der Waals surface area (Å²) in [4.78, 5) is 14.1. The van der Waals surface area contributed by atoms with Gasteiger partial charge in [0.05, 0.1) is 18.8 Å². The van der Waals surface area contributed by atoms with Crippen LogP contribution in [0, 0.1) is 0 Å². The van der Waals surface area contributed by atoms with Gasteiger partial charge in [-0.3, -0.25) is 4.79 Å². The summed E-state index contributed by atoms with van der Waals surface area (Å²) in [5.41, 5.74) is 1.17. The Labute approximate surface area is 130 Å². The van der Waals surface area contributed by atoms with E-state index in [0.29, 0.717) is 32.7 Å². The molecule has 0 saturated carbocycles. The number of carbonyl (C=O) groups excluding carboxylic acids is 1. The van der Waals surface area contributed by atoms with Crippen LogP contribution in [-0.2, 0) is 16.1 Å². The second kappa shape index (κ2) is 7.20. The number of amides is 1. The van der Waals surface area contributed by atoms with Gasteiger partial charge in [0.2, 0.25) is 5.91 Å². The third-order valence-corrected chi connectivity index (χ3v) is 4.46. The van der Waals surface area contributed by atoms with E-state index in [4.69, 9.17) is 4.74 Å². The van der Waals surface area contributed by atoms with E-state index in [1.165, 1.54) is 5.56 Å². The number of carbonyl (C=O) groups is 1. The highest BCUT2D eigenvalue weighted by Gasteiger charge is 2.33. The monoisotopic (exact) mass is 306 g/mol. The molecule has 1 N–H and O–H groups in total. The number of hydrogen-bond acceptors (Lipinski definition) is 3. The number of likely N-dealkylation sites (tertiary alicyclic amines) is 1. The molecule has 2 atom stereocenters.